The van der Waals surface area contributed by atoms with Crippen molar-refractivity contribution >= 4 is 17.3 Å². The summed E-state index contributed by atoms with van der Waals surface area (Å²) in [6.45, 7) is 9.46. The molecule has 0 aliphatic carbocycles. The number of aliphatic imine (C=N–C) groups is 1. The first-order valence-electron chi connectivity index (χ1n) is 10.3. The van der Waals surface area contributed by atoms with Gasteiger partial charge in [0, 0.05) is 37.8 Å². The van der Waals surface area contributed by atoms with E-state index in [1.165, 1.54) is 41.9 Å². The van der Waals surface area contributed by atoms with E-state index in [9.17, 15) is 0 Å². The van der Waals surface area contributed by atoms with Crippen molar-refractivity contribution in [1.82, 2.24) is 20.5 Å². The van der Waals surface area contributed by atoms with Gasteiger partial charge in [0.1, 0.15) is 5.01 Å². The molecule has 1 saturated heterocycles. The molecular formula is C22H33N5S. The van der Waals surface area contributed by atoms with Crippen LogP contribution in [0.15, 0.2) is 35.5 Å². The average Bonchev–Trinajstić information content (AvgIpc) is 3.17. The zero-order chi connectivity index (χ0) is 19.8. The molecule has 0 spiro atoms. The summed E-state index contributed by atoms with van der Waals surface area (Å²) in [5.41, 5.74) is 2.75. The van der Waals surface area contributed by atoms with Gasteiger partial charge in [-0.3, -0.25) is 9.89 Å². The number of benzene rings is 1. The van der Waals surface area contributed by atoms with Gasteiger partial charge >= 0.3 is 0 Å². The Morgan fingerprint density at radius 3 is 2.75 bits per heavy atom. The van der Waals surface area contributed by atoms with Crippen molar-refractivity contribution in [3.05, 3.63) is 51.5 Å². The normalized spacial score (nSPS) is 18.2. The van der Waals surface area contributed by atoms with Crippen LogP contribution in [0, 0.1) is 5.92 Å². The fraction of sp³-hybridized carbons (Fsp3) is 0.545. The van der Waals surface area contributed by atoms with Crippen molar-refractivity contribution in [3.63, 3.8) is 0 Å². The molecule has 1 aromatic carbocycles. The number of aryl methyl sites for hydroxylation is 1. The summed E-state index contributed by atoms with van der Waals surface area (Å²) in [4.78, 5) is 12.7. The molecular weight excluding hydrogens is 366 g/mol. The lowest BCUT2D eigenvalue weighted by Gasteiger charge is -2.31. The van der Waals surface area contributed by atoms with Crippen molar-refractivity contribution in [2.45, 2.75) is 52.7 Å². The van der Waals surface area contributed by atoms with Crippen LogP contribution in [0.3, 0.4) is 0 Å². The molecule has 2 N–H and O–H groups in total. The van der Waals surface area contributed by atoms with E-state index in [4.69, 9.17) is 0 Å². The van der Waals surface area contributed by atoms with Gasteiger partial charge in [0.15, 0.2) is 5.96 Å². The van der Waals surface area contributed by atoms with Crippen molar-refractivity contribution in [3.8, 4) is 0 Å². The van der Waals surface area contributed by atoms with Gasteiger partial charge in [-0.2, -0.15) is 0 Å². The third-order valence-corrected chi connectivity index (χ3v) is 6.42. The minimum absolute atomic E-state index is 0.706. The number of aromatic nitrogens is 1. The molecule has 2 heterocycles. The molecule has 5 nitrogen and oxygen atoms in total. The third kappa shape index (κ3) is 6.04. The highest BCUT2D eigenvalue weighted by Crippen LogP contribution is 2.19. The van der Waals surface area contributed by atoms with Crippen molar-refractivity contribution in [1.29, 1.82) is 0 Å². The highest BCUT2D eigenvalue weighted by molar-refractivity contribution is 7.11. The molecule has 1 aliphatic heterocycles. The van der Waals surface area contributed by atoms with Gasteiger partial charge in [-0.15, -0.1) is 11.3 Å². The van der Waals surface area contributed by atoms with E-state index in [-0.39, 0.29) is 0 Å². The average molecular weight is 400 g/mol. The van der Waals surface area contributed by atoms with Crippen molar-refractivity contribution in [2.75, 3.05) is 20.1 Å². The lowest BCUT2D eigenvalue weighted by Crippen LogP contribution is -2.37. The number of nitrogens with one attached hydrogen (secondary N) is 2. The predicted octanol–water partition coefficient (Wildman–Crippen LogP) is 3.80. The number of piperidine rings is 1. The maximum absolute atomic E-state index is 4.46. The van der Waals surface area contributed by atoms with Crippen molar-refractivity contribution < 1.29 is 0 Å². The molecule has 1 aromatic heterocycles. The first-order valence-corrected chi connectivity index (χ1v) is 11.2. The Labute approximate surface area is 173 Å². The van der Waals surface area contributed by atoms with E-state index in [0.29, 0.717) is 6.54 Å². The van der Waals surface area contributed by atoms with E-state index in [1.54, 1.807) is 11.3 Å². The number of nitrogens with zero attached hydrogens (tertiary/aromatic N) is 3. The van der Waals surface area contributed by atoms with Crippen LogP contribution in [0.5, 0.6) is 0 Å². The Balaban J connectivity index is 1.54. The molecule has 0 bridgehead atoms. The second-order valence-electron chi connectivity index (χ2n) is 7.60. The monoisotopic (exact) mass is 399 g/mol. The van der Waals surface area contributed by atoms with Gasteiger partial charge in [-0.1, -0.05) is 38.1 Å². The second kappa shape index (κ2) is 10.6. The van der Waals surface area contributed by atoms with Crippen LogP contribution in [0.2, 0.25) is 0 Å². The Morgan fingerprint density at radius 1 is 1.25 bits per heavy atom. The highest BCUT2D eigenvalue weighted by atomic mass is 32.1. The van der Waals surface area contributed by atoms with Crippen LogP contribution in [-0.2, 0) is 26.1 Å². The number of hydrogen-bond donors (Lipinski definition) is 2. The van der Waals surface area contributed by atoms with Gasteiger partial charge in [-0.05, 0) is 42.9 Å². The Bertz CT molecular complexity index is 770. The first kappa shape index (κ1) is 20.8. The first-order chi connectivity index (χ1) is 13.7. The number of thiazole rings is 1. The predicted molar refractivity (Wildman–Crippen MR) is 119 cm³/mol. The quantitative estimate of drug-likeness (QED) is 0.549. The lowest BCUT2D eigenvalue weighted by atomic mass is 9.99. The number of rotatable bonds is 7. The van der Waals surface area contributed by atoms with Gasteiger partial charge in [-0.25, -0.2) is 4.98 Å². The molecule has 0 saturated carbocycles. The van der Waals surface area contributed by atoms with Crippen LogP contribution >= 0.6 is 11.3 Å². The standard InChI is InChI=1S/C22H33N5S/c1-4-20-13-24-21(28-20)14-26-22(23-3)25-12-18-9-5-6-10-19(18)16-27-11-7-8-17(2)15-27/h5-6,9-10,13,17H,4,7-8,11-12,14-16H2,1-3H3,(H2,23,25,26). The van der Waals surface area contributed by atoms with Crippen LogP contribution in [0.25, 0.3) is 0 Å². The van der Waals surface area contributed by atoms with E-state index >= 15 is 0 Å². The maximum Gasteiger partial charge on any atom is 0.191 e. The molecule has 2 aromatic rings. The van der Waals surface area contributed by atoms with Gasteiger partial charge < -0.3 is 10.6 Å². The molecule has 0 radical (unpaired) electrons. The largest absolute Gasteiger partial charge is 0.352 e. The summed E-state index contributed by atoms with van der Waals surface area (Å²) in [7, 11) is 1.82. The number of guanidine groups is 1. The molecule has 152 valence electrons. The summed E-state index contributed by atoms with van der Waals surface area (Å²) in [6, 6.07) is 8.75. The Hall–Kier alpha value is -1.92. The molecule has 0 amide bonds. The highest BCUT2D eigenvalue weighted by Gasteiger charge is 2.17. The summed E-state index contributed by atoms with van der Waals surface area (Å²) in [5, 5.41) is 7.93. The van der Waals surface area contributed by atoms with Crippen LogP contribution in [0.1, 0.15) is 47.7 Å². The van der Waals surface area contributed by atoms with E-state index < -0.39 is 0 Å². The maximum atomic E-state index is 4.46. The van der Waals surface area contributed by atoms with Gasteiger partial charge in [0.05, 0.1) is 6.54 Å². The number of hydrogen-bond acceptors (Lipinski definition) is 4. The minimum Gasteiger partial charge on any atom is -0.352 e. The smallest absolute Gasteiger partial charge is 0.191 e. The molecule has 28 heavy (non-hydrogen) atoms. The minimum atomic E-state index is 0.706. The van der Waals surface area contributed by atoms with E-state index in [1.807, 2.05) is 13.2 Å². The van der Waals surface area contributed by atoms with Crippen LogP contribution in [-0.4, -0.2) is 36.0 Å². The van der Waals surface area contributed by atoms with Crippen LogP contribution < -0.4 is 10.6 Å². The van der Waals surface area contributed by atoms with Gasteiger partial charge in [0.25, 0.3) is 0 Å². The topological polar surface area (TPSA) is 52.6 Å². The Kier molecular flexibility index (Phi) is 7.86. The summed E-state index contributed by atoms with van der Waals surface area (Å²) in [6.07, 6.45) is 5.68. The molecule has 1 unspecified atom stereocenters. The molecule has 6 heteroatoms. The molecule has 1 atom stereocenters. The fourth-order valence-corrected chi connectivity index (χ4v) is 4.51. The fourth-order valence-electron chi connectivity index (χ4n) is 3.71. The van der Waals surface area contributed by atoms with Gasteiger partial charge in [0.2, 0.25) is 0 Å². The molecule has 1 fully saturated rings. The SMILES string of the molecule is CCc1cnc(CNC(=NC)NCc2ccccc2CN2CCCC(C)C2)s1. The zero-order valence-corrected chi connectivity index (χ0v) is 18.2. The van der Waals surface area contributed by atoms with E-state index in [0.717, 1.165) is 36.4 Å². The van der Waals surface area contributed by atoms with Crippen LogP contribution in [0.4, 0.5) is 0 Å². The lowest BCUT2D eigenvalue weighted by molar-refractivity contribution is 0.176. The molecule has 1 aliphatic rings. The zero-order valence-electron chi connectivity index (χ0n) is 17.4. The third-order valence-electron chi connectivity index (χ3n) is 5.28. The second-order valence-corrected chi connectivity index (χ2v) is 8.80. The number of likely N-dealkylation sites (tertiary alicyclic amines) is 1. The summed E-state index contributed by atoms with van der Waals surface area (Å²) in [5.74, 6) is 1.62. The summed E-state index contributed by atoms with van der Waals surface area (Å²) < 4.78 is 0. The van der Waals surface area contributed by atoms with E-state index in [2.05, 4.69) is 63.6 Å². The molecule has 3 rings (SSSR count). The summed E-state index contributed by atoms with van der Waals surface area (Å²) >= 11 is 1.76. The van der Waals surface area contributed by atoms with Crippen molar-refractivity contribution in [2.24, 2.45) is 10.9 Å². The Morgan fingerprint density at radius 2 is 2.04 bits per heavy atom.